The van der Waals surface area contributed by atoms with Crippen LogP contribution in [0.5, 0.6) is 5.75 Å². The van der Waals surface area contributed by atoms with E-state index in [-0.39, 0.29) is 11.3 Å². The Hall–Kier alpha value is -2.36. The largest absolute Gasteiger partial charge is 0.422 e. The highest BCUT2D eigenvalue weighted by Gasteiger charge is 2.11. The van der Waals surface area contributed by atoms with Crippen molar-refractivity contribution in [1.82, 2.24) is 4.57 Å². The van der Waals surface area contributed by atoms with Crippen LogP contribution < -0.4 is 10.3 Å². The van der Waals surface area contributed by atoms with Gasteiger partial charge in [0.15, 0.2) is 0 Å². The van der Waals surface area contributed by atoms with Crippen LogP contribution in [0.25, 0.3) is 10.9 Å². The molecule has 1 aromatic carbocycles. The number of ether oxygens (including phenoxy) is 1. The first-order chi connectivity index (χ1) is 8.50. The lowest BCUT2D eigenvalue weighted by Gasteiger charge is -2.10. The highest BCUT2D eigenvalue weighted by Crippen LogP contribution is 2.23. The number of esters is 1. The molecule has 0 aliphatic heterocycles. The summed E-state index contributed by atoms with van der Waals surface area (Å²) in [4.78, 5) is 23.3. The van der Waals surface area contributed by atoms with Crippen molar-refractivity contribution in [2.45, 2.75) is 6.92 Å². The van der Waals surface area contributed by atoms with E-state index in [1.165, 1.54) is 10.6 Å². The first kappa shape index (κ1) is 12.1. The number of aryl methyl sites for hydroxylation is 1. The van der Waals surface area contributed by atoms with Gasteiger partial charge < -0.3 is 9.30 Å². The zero-order valence-electron chi connectivity index (χ0n) is 10.3. The molecule has 0 amide bonds. The van der Waals surface area contributed by atoms with Crippen LogP contribution >= 0.6 is 0 Å². The second kappa shape index (κ2) is 4.49. The van der Waals surface area contributed by atoms with E-state index in [1.54, 1.807) is 26.1 Å². The van der Waals surface area contributed by atoms with Crippen LogP contribution in [-0.2, 0) is 11.8 Å². The van der Waals surface area contributed by atoms with Crippen LogP contribution in [0, 0.1) is 0 Å². The van der Waals surface area contributed by atoms with Crippen LogP contribution in [0.4, 0.5) is 0 Å². The predicted octanol–water partition coefficient (Wildman–Crippen LogP) is 2.02. The van der Waals surface area contributed by atoms with E-state index in [9.17, 15) is 9.59 Å². The van der Waals surface area contributed by atoms with Gasteiger partial charge in [-0.3, -0.25) is 4.79 Å². The first-order valence-electron chi connectivity index (χ1n) is 5.47. The number of aromatic nitrogens is 1. The van der Waals surface area contributed by atoms with Crippen LogP contribution in [0.1, 0.15) is 6.92 Å². The van der Waals surface area contributed by atoms with Crippen LogP contribution in [0.3, 0.4) is 0 Å². The lowest BCUT2D eigenvalue weighted by atomic mass is 10.2. The standard InChI is InChI=1S/C14H13NO3/c1-9(2)14(17)18-12-8-13(16)15(3)11-7-5-4-6-10(11)12/h4-8H,1H2,2-3H3. The first-order valence-corrected chi connectivity index (χ1v) is 5.47. The molecule has 0 aliphatic rings. The fourth-order valence-electron chi connectivity index (χ4n) is 1.65. The van der Waals surface area contributed by atoms with Crippen LogP contribution in [0.2, 0.25) is 0 Å². The summed E-state index contributed by atoms with van der Waals surface area (Å²) in [6, 6.07) is 8.56. The second-order valence-electron chi connectivity index (χ2n) is 4.09. The van der Waals surface area contributed by atoms with Crippen molar-refractivity contribution in [3.63, 3.8) is 0 Å². The maximum Gasteiger partial charge on any atom is 0.338 e. The van der Waals surface area contributed by atoms with Gasteiger partial charge in [0.2, 0.25) is 0 Å². The average molecular weight is 243 g/mol. The van der Waals surface area contributed by atoms with Gasteiger partial charge in [-0.1, -0.05) is 18.7 Å². The molecule has 0 N–H and O–H groups in total. The molecule has 0 atom stereocenters. The quantitative estimate of drug-likeness (QED) is 0.599. The summed E-state index contributed by atoms with van der Waals surface area (Å²) in [5.74, 6) is -0.268. The minimum Gasteiger partial charge on any atom is -0.422 e. The fraction of sp³-hybridized carbons (Fsp3) is 0.143. The third-order valence-electron chi connectivity index (χ3n) is 2.67. The summed E-state index contributed by atoms with van der Waals surface area (Å²) >= 11 is 0. The molecule has 0 saturated heterocycles. The van der Waals surface area contributed by atoms with Gasteiger partial charge in [-0.2, -0.15) is 0 Å². The highest BCUT2D eigenvalue weighted by molar-refractivity contribution is 5.93. The summed E-state index contributed by atoms with van der Waals surface area (Å²) < 4.78 is 6.68. The Morgan fingerprint density at radius 3 is 2.67 bits per heavy atom. The molecule has 18 heavy (non-hydrogen) atoms. The maximum absolute atomic E-state index is 11.8. The SMILES string of the molecule is C=C(C)C(=O)Oc1cc(=O)n(C)c2ccccc12. The van der Waals surface area contributed by atoms with Crippen LogP contribution in [0.15, 0.2) is 47.3 Å². The molecule has 0 unspecified atom stereocenters. The molecular formula is C14H13NO3. The van der Waals surface area contributed by atoms with Gasteiger partial charge in [0.05, 0.1) is 5.52 Å². The number of rotatable bonds is 2. The van der Waals surface area contributed by atoms with E-state index in [1.807, 2.05) is 12.1 Å². The predicted molar refractivity (Wildman–Crippen MR) is 69.6 cm³/mol. The summed E-state index contributed by atoms with van der Waals surface area (Å²) in [5.41, 5.74) is 0.785. The van der Waals surface area contributed by atoms with Gasteiger partial charge in [0, 0.05) is 24.1 Å². The topological polar surface area (TPSA) is 48.3 Å². The Morgan fingerprint density at radius 1 is 1.33 bits per heavy atom. The number of fused-ring (bicyclic) bond motifs is 1. The zero-order valence-corrected chi connectivity index (χ0v) is 10.3. The molecule has 1 aromatic heterocycles. The molecule has 0 radical (unpaired) electrons. The fourth-order valence-corrected chi connectivity index (χ4v) is 1.65. The van der Waals surface area contributed by atoms with Crippen molar-refractivity contribution in [3.05, 3.63) is 52.8 Å². The monoisotopic (exact) mass is 243 g/mol. The van der Waals surface area contributed by atoms with E-state index in [4.69, 9.17) is 4.74 Å². The summed E-state index contributed by atoms with van der Waals surface area (Å²) in [6.45, 7) is 5.07. The minimum absolute atomic E-state index is 0.224. The number of nitrogens with zero attached hydrogens (tertiary/aromatic N) is 1. The molecule has 4 nitrogen and oxygen atoms in total. The Bertz CT molecular complexity index is 698. The summed E-state index contributed by atoms with van der Waals surface area (Å²) in [5, 5.41) is 0.717. The Kier molecular flexibility index (Phi) is 3.02. The van der Waals surface area contributed by atoms with Gasteiger partial charge in [0.1, 0.15) is 5.75 Å². The number of hydrogen-bond acceptors (Lipinski definition) is 3. The lowest BCUT2D eigenvalue weighted by Crippen LogP contribution is -2.18. The minimum atomic E-state index is -0.534. The molecule has 2 aromatic rings. The van der Waals surface area contributed by atoms with Gasteiger partial charge in [-0.05, 0) is 19.1 Å². The maximum atomic E-state index is 11.8. The number of hydrogen-bond donors (Lipinski definition) is 0. The van der Waals surface area contributed by atoms with Crippen molar-refractivity contribution >= 4 is 16.9 Å². The van der Waals surface area contributed by atoms with E-state index >= 15 is 0 Å². The number of carbonyl (C=O) groups excluding carboxylic acids is 1. The number of para-hydroxylation sites is 1. The third kappa shape index (κ3) is 2.05. The average Bonchev–Trinajstić information content (AvgIpc) is 2.35. The molecule has 0 aliphatic carbocycles. The van der Waals surface area contributed by atoms with Crippen molar-refractivity contribution < 1.29 is 9.53 Å². The lowest BCUT2D eigenvalue weighted by molar-refractivity contribution is -0.129. The molecule has 92 valence electrons. The van der Waals surface area contributed by atoms with E-state index < -0.39 is 5.97 Å². The van der Waals surface area contributed by atoms with Crippen molar-refractivity contribution in [1.29, 1.82) is 0 Å². The summed E-state index contributed by atoms with van der Waals surface area (Å²) in [6.07, 6.45) is 0. The smallest absolute Gasteiger partial charge is 0.338 e. The molecular weight excluding hydrogens is 230 g/mol. The molecule has 0 bridgehead atoms. The molecule has 1 heterocycles. The normalized spacial score (nSPS) is 10.3. The Balaban J connectivity index is 2.65. The summed E-state index contributed by atoms with van der Waals surface area (Å²) in [7, 11) is 1.68. The molecule has 0 spiro atoms. The van der Waals surface area contributed by atoms with E-state index in [2.05, 4.69) is 6.58 Å². The van der Waals surface area contributed by atoms with Gasteiger partial charge in [-0.15, -0.1) is 0 Å². The van der Waals surface area contributed by atoms with Crippen molar-refractivity contribution in [2.75, 3.05) is 0 Å². The van der Waals surface area contributed by atoms with E-state index in [0.717, 1.165) is 5.52 Å². The number of benzene rings is 1. The molecule has 4 heteroatoms. The van der Waals surface area contributed by atoms with Gasteiger partial charge in [0.25, 0.3) is 5.56 Å². The molecule has 2 rings (SSSR count). The number of carbonyl (C=O) groups is 1. The zero-order chi connectivity index (χ0) is 13.3. The Labute approximate surface area is 104 Å². The van der Waals surface area contributed by atoms with Gasteiger partial charge in [-0.25, -0.2) is 4.79 Å². The van der Waals surface area contributed by atoms with Crippen molar-refractivity contribution in [2.24, 2.45) is 7.05 Å². The van der Waals surface area contributed by atoms with Gasteiger partial charge >= 0.3 is 5.97 Å². The molecule has 0 saturated carbocycles. The van der Waals surface area contributed by atoms with Crippen LogP contribution in [-0.4, -0.2) is 10.5 Å². The van der Waals surface area contributed by atoms with Crippen molar-refractivity contribution in [3.8, 4) is 5.75 Å². The third-order valence-corrected chi connectivity index (χ3v) is 2.67. The number of pyridine rings is 1. The Morgan fingerprint density at radius 2 is 2.00 bits per heavy atom. The second-order valence-corrected chi connectivity index (χ2v) is 4.09. The highest BCUT2D eigenvalue weighted by atomic mass is 16.5. The molecule has 0 fully saturated rings. The van der Waals surface area contributed by atoms with E-state index in [0.29, 0.717) is 11.0 Å².